The van der Waals surface area contributed by atoms with Gasteiger partial charge in [0, 0.05) is 28.8 Å². The Morgan fingerprint density at radius 1 is 0.964 bits per heavy atom. The van der Waals surface area contributed by atoms with Gasteiger partial charge in [-0.15, -0.1) is 0 Å². The Kier molecular flexibility index (Phi) is 4.71. The molecule has 28 heavy (non-hydrogen) atoms. The zero-order valence-electron chi connectivity index (χ0n) is 14.8. The number of furan rings is 1. The molecule has 0 fully saturated rings. The van der Waals surface area contributed by atoms with Gasteiger partial charge in [-0.1, -0.05) is 18.2 Å². The van der Waals surface area contributed by atoms with Crippen LogP contribution < -0.4 is 16.4 Å². The molecule has 2 heterocycles. The molecule has 0 atom stereocenters. The molecule has 2 aromatic heterocycles. The van der Waals surface area contributed by atoms with Crippen molar-refractivity contribution >= 4 is 28.9 Å². The average Bonchev–Trinajstić information content (AvgIpc) is 3.24. The summed E-state index contributed by atoms with van der Waals surface area (Å²) in [6.07, 6.45) is 3.13. The van der Waals surface area contributed by atoms with E-state index >= 15 is 0 Å². The lowest BCUT2D eigenvalue weighted by molar-refractivity contribution is 0.0996. The molecule has 1 amide bonds. The van der Waals surface area contributed by atoms with E-state index in [2.05, 4.69) is 20.6 Å². The predicted molar refractivity (Wildman–Crippen MR) is 108 cm³/mol. The number of nitrogens with zero attached hydrogens (tertiary/aromatic N) is 2. The van der Waals surface area contributed by atoms with Crippen LogP contribution in [0.4, 0.5) is 23.0 Å². The predicted octanol–water partition coefficient (Wildman–Crippen LogP) is 4.31. The Balaban J connectivity index is 1.55. The second kappa shape index (κ2) is 7.63. The van der Waals surface area contributed by atoms with Gasteiger partial charge in [0.1, 0.15) is 0 Å². The third-order valence-corrected chi connectivity index (χ3v) is 3.96. The highest BCUT2D eigenvalue weighted by Gasteiger charge is 2.10. The molecule has 0 saturated carbocycles. The van der Waals surface area contributed by atoms with Crippen molar-refractivity contribution in [1.82, 2.24) is 9.97 Å². The molecular weight excluding hydrogens is 354 g/mol. The highest BCUT2D eigenvalue weighted by atomic mass is 16.3. The van der Waals surface area contributed by atoms with Gasteiger partial charge >= 0.3 is 0 Å². The zero-order valence-corrected chi connectivity index (χ0v) is 14.8. The smallest absolute Gasteiger partial charge is 0.291 e. The van der Waals surface area contributed by atoms with Crippen molar-refractivity contribution < 1.29 is 9.21 Å². The molecule has 0 bridgehead atoms. The lowest BCUT2D eigenvalue weighted by Gasteiger charge is -2.09. The van der Waals surface area contributed by atoms with Crippen LogP contribution in [0.3, 0.4) is 0 Å². The van der Waals surface area contributed by atoms with E-state index in [1.807, 2.05) is 36.4 Å². The number of carbonyl (C=O) groups excluding carboxylic acids is 1. The van der Waals surface area contributed by atoms with Gasteiger partial charge in [-0.3, -0.25) is 4.79 Å². The van der Waals surface area contributed by atoms with Gasteiger partial charge in [0.2, 0.25) is 5.95 Å². The van der Waals surface area contributed by atoms with E-state index < -0.39 is 0 Å². The summed E-state index contributed by atoms with van der Waals surface area (Å²) >= 11 is 0. The summed E-state index contributed by atoms with van der Waals surface area (Å²) in [4.78, 5) is 21.0. The number of rotatable bonds is 5. The number of nitrogens with two attached hydrogens (primary N) is 1. The van der Waals surface area contributed by atoms with Crippen molar-refractivity contribution in [2.24, 2.45) is 0 Å². The number of nitrogens with one attached hydrogen (secondary N) is 2. The number of benzene rings is 2. The summed E-state index contributed by atoms with van der Waals surface area (Å²) < 4.78 is 5.11. The summed E-state index contributed by atoms with van der Waals surface area (Å²) in [7, 11) is 0. The van der Waals surface area contributed by atoms with Crippen molar-refractivity contribution in [2.75, 3.05) is 16.4 Å². The minimum atomic E-state index is -0.311. The summed E-state index contributed by atoms with van der Waals surface area (Å²) in [5.41, 5.74) is 9.46. The molecule has 0 unspecified atom stereocenters. The molecule has 0 saturated heterocycles. The Morgan fingerprint density at radius 2 is 1.82 bits per heavy atom. The third kappa shape index (κ3) is 3.99. The van der Waals surface area contributed by atoms with Crippen molar-refractivity contribution in [3.63, 3.8) is 0 Å². The summed E-state index contributed by atoms with van der Waals surface area (Å²) in [6.45, 7) is 0. The van der Waals surface area contributed by atoms with Crippen molar-refractivity contribution in [3.05, 3.63) is 85.0 Å². The van der Waals surface area contributed by atoms with Crippen LogP contribution in [-0.4, -0.2) is 15.9 Å². The molecule has 4 rings (SSSR count). The zero-order chi connectivity index (χ0) is 19.3. The van der Waals surface area contributed by atoms with E-state index in [1.54, 1.807) is 36.5 Å². The first-order valence-electron chi connectivity index (χ1n) is 8.58. The van der Waals surface area contributed by atoms with E-state index in [4.69, 9.17) is 10.2 Å². The molecule has 138 valence electrons. The van der Waals surface area contributed by atoms with Gasteiger partial charge in [-0.2, -0.15) is 0 Å². The topological polar surface area (TPSA) is 106 Å². The molecular formula is C21H17N5O2. The quantitative estimate of drug-likeness (QED) is 0.451. The first-order valence-corrected chi connectivity index (χ1v) is 8.58. The minimum Gasteiger partial charge on any atom is -0.459 e. The molecule has 7 nitrogen and oxygen atoms in total. The Hall–Kier alpha value is -4.13. The summed E-state index contributed by atoms with van der Waals surface area (Å²) in [5.74, 6) is 0.392. The lowest BCUT2D eigenvalue weighted by Crippen LogP contribution is -2.10. The van der Waals surface area contributed by atoms with E-state index in [1.165, 1.54) is 6.26 Å². The fourth-order valence-electron chi connectivity index (χ4n) is 2.68. The second-order valence-electron chi connectivity index (χ2n) is 6.03. The summed E-state index contributed by atoms with van der Waals surface area (Å²) in [5, 5.41) is 5.95. The number of amides is 1. The second-order valence-corrected chi connectivity index (χ2v) is 6.03. The third-order valence-electron chi connectivity index (χ3n) is 3.96. The van der Waals surface area contributed by atoms with Gasteiger partial charge in [0.15, 0.2) is 5.76 Å². The fraction of sp³-hybridized carbons (Fsp3) is 0. The molecule has 0 aliphatic carbocycles. The first kappa shape index (κ1) is 17.3. The van der Waals surface area contributed by atoms with Crippen molar-refractivity contribution in [1.29, 1.82) is 0 Å². The van der Waals surface area contributed by atoms with Crippen LogP contribution in [0.1, 0.15) is 10.6 Å². The van der Waals surface area contributed by atoms with Crippen LogP contribution in [-0.2, 0) is 0 Å². The molecule has 0 radical (unpaired) electrons. The highest BCUT2D eigenvalue weighted by molar-refractivity contribution is 6.02. The maximum absolute atomic E-state index is 12.2. The number of aromatic nitrogens is 2. The van der Waals surface area contributed by atoms with E-state index in [0.29, 0.717) is 17.3 Å². The van der Waals surface area contributed by atoms with E-state index in [0.717, 1.165) is 16.9 Å². The molecule has 2 aromatic carbocycles. The van der Waals surface area contributed by atoms with Gasteiger partial charge < -0.3 is 20.8 Å². The van der Waals surface area contributed by atoms with Crippen molar-refractivity contribution in [3.8, 4) is 11.3 Å². The molecule has 0 aliphatic heterocycles. The first-order chi connectivity index (χ1) is 13.7. The fourth-order valence-corrected chi connectivity index (χ4v) is 2.68. The maximum Gasteiger partial charge on any atom is 0.291 e. The number of hydrogen-bond acceptors (Lipinski definition) is 6. The number of carbonyl (C=O) groups is 1. The minimum absolute atomic E-state index is 0.251. The Bertz CT molecular complexity index is 1110. The molecule has 0 aliphatic rings. The number of anilines is 4. The Morgan fingerprint density at radius 3 is 2.64 bits per heavy atom. The molecule has 0 spiro atoms. The largest absolute Gasteiger partial charge is 0.459 e. The van der Waals surface area contributed by atoms with Crippen LogP contribution in [0.25, 0.3) is 11.3 Å². The van der Waals surface area contributed by atoms with Gasteiger partial charge in [-0.05, 0) is 48.5 Å². The van der Waals surface area contributed by atoms with E-state index in [9.17, 15) is 4.79 Å². The van der Waals surface area contributed by atoms with Crippen LogP contribution in [0.2, 0.25) is 0 Å². The SMILES string of the molecule is Nc1cccc(Nc2nccc(-c3cccc(NC(=O)c4ccco4)c3)n2)c1. The number of nitrogen functional groups attached to an aromatic ring is 1. The van der Waals surface area contributed by atoms with Gasteiger partial charge in [0.05, 0.1) is 12.0 Å². The maximum atomic E-state index is 12.2. The van der Waals surface area contributed by atoms with Gasteiger partial charge in [-0.25, -0.2) is 9.97 Å². The monoisotopic (exact) mass is 371 g/mol. The normalized spacial score (nSPS) is 10.4. The van der Waals surface area contributed by atoms with Crippen LogP contribution >= 0.6 is 0 Å². The molecule has 7 heteroatoms. The van der Waals surface area contributed by atoms with Gasteiger partial charge in [0.25, 0.3) is 5.91 Å². The van der Waals surface area contributed by atoms with Crippen LogP contribution in [0.5, 0.6) is 0 Å². The standard InChI is InChI=1S/C21H17N5O2/c22-15-5-2-7-17(13-15)25-21-23-10-9-18(26-21)14-4-1-6-16(12-14)24-20(27)19-8-3-11-28-19/h1-13H,22H2,(H,24,27)(H,23,25,26). The summed E-state index contributed by atoms with van der Waals surface area (Å²) in [6, 6.07) is 19.8. The Labute approximate surface area is 161 Å². The average molecular weight is 371 g/mol. The van der Waals surface area contributed by atoms with Crippen LogP contribution in [0.15, 0.2) is 83.6 Å². The number of hydrogen-bond donors (Lipinski definition) is 3. The van der Waals surface area contributed by atoms with E-state index in [-0.39, 0.29) is 11.7 Å². The van der Waals surface area contributed by atoms with Crippen LogP contribution in [0, 0.1) is 0 Å². The van der Waals surface area contributed by atoms with Crippen molar-refractivity contribution in [2.45, 2.75) is 0 Å². The lowest BCUT2D eigenvalue weighted by atomic mass is 10.1. The molecule has 4 N–H and O–H groups in total. The highest BCUT2D eigenvalue weighted by Crippen LogP contribution is 2.23. The molecule has 4 aromatic rings.